The smallest absolute Gasteiger partial charge is 0.227 e. The fourth-order valence-electron chi connectivity index (χ4n) is 3.33. The number of benzene rings is 1. The Bertz CT molecular complexity index is 769. The standard InChI is InChI=1S/C21H29N5O/c1-15-6-8-16(9-7-15)11-20(27)26(3)14-18-12-19(22-2)25-21(24-18)17-5-4-10-23-13-17/h6-9,12,17,23H,4-5,10-11,13-14H2,1-3H3,(H,22,24,25). The summed E-state index contributed by atoms with van der Waals surface area (Å²) in [5, 5.41) is 6.54. The van der Waals surface area contributed by atoms with Crippen LogP contribution in [0.25, 0.3) is 0 Å². The number of carbonyl (C=O) groups excluding carboxylic acids is 1. The lowest BCUT2D eigenvalue weighted by atomic mass is 9.99. The predicted octanol–water partition coefficient (Wildman–Crippen LogP) is 2.49. The van der Waals surface area contributed by atoms with Crippen molar-refractivity contribution >= 4 is 11.7 Å². The fourth-order valence-corrected chi connectivity index (χ4v) is 3.33. The number of anilines is 1. The second-order valence-electron chi connectivity index (χ2n) is 7.31. The molecule has 1 aliphatic heterocycles. The Morgan fingerprint density at radius 1 is 1.30 bits per heavy atom. The number of aryl methyl sites for hydroxylation is 1. The molecule has 2 heterocycles. The van der Waals surface area contributed by atoms with Crippen molar-refractivity contribution in [1.82, 2.24) is 20.2 Å². The SMILES string of the molecule is CNc1cc(CN(C)C(=O)Cc2ccc(C)cc2)nc(C2CCCNC2)n1. The van der Waals surface area contributed by atoms with Gasteiger partial charge in [0.15, 0.2) is 0 Å². The zero-order valence-corrected chi connectivity index (χ0v) is 16.5. The van der Waals surface area contributed by atoms with E-state index in [-0.39, 0.29) is 5.91 Å². The van der Waals surface area contributed by atoms with E-state index in [0.29, 0.717) is 18.9 Å². The van der Waals surface area contributed by atoms with Gasteiger partial charge in [-0.3, -0.25) is 4.79 Å². The van der Waals surface area contributed by atoms with E-state index >= 15 is 0 Å². The van der Waals surface area contributed by atoms with E-state index in [1.54, 1.807) is 4.90 Å². The summed E-state index contributed by atoms with van der Waals surface area (Å²) in [5.74, 6) is 2.09. The minimum Gasteiger partial charge on any atom is -0.373 e. The summed E-state index contributed by atoms with van der Waals surface area (Å²) >= 11 is 0. The normalized spacial score (nSPS) is 16.8. The fraction of sp³-hybridized carbons (Fsp3) is 0.476. The lowest BCUT2D eigenvalue weighted by molar-refractivity contribution is -0.129. The molecule has 0 aliphatic carbocycles. The van der Waals surface area contributed by atoms with Gasteiger partial charge >= 0.3 is 0 Å². The molecule has 1 aliphatic rings. The van der Waals surface area contributed by atoms with E-state index in [1.807, 2.05) is 51.4 Å². The number of carbonyl (C=O) groups is 1. The molecule has 144 valence electrons. The molecule has 0 saturated carbocycles. The number of likely N-dealkylation sites (N-methyl/N-ethyl adjacent to an activating group) is 1. The van der Waals surface area contributed by atoms with E-state index < -0.39 is 0 Å². The zero-order chi connectivity index (χ0) is 19.2. The van der Waals surface area contributed by atoms with Crippen LogP contribution in [0.2, 0.25) is 0 Å². The summed E-state index contributed by atoms with van der Waals surface area (Å²) in [7, 11) is 3.70. The molecule has 2 N–H and O–H groups in total. The van der Waals surface area contributed by atoms with Crippen molar-refractivity contribution in [2.45, 2.75) is 38.6 Å². The van der Waals surface area contributed by atoms with Crippen molar-refractivity contribution in [2.75, 3.05) is 32.5 Å². The average Bonchev–Trinajstić information content (AvgIpc) is 2.70. The van der Waals surface area contributed by atoms with Gasteiger partial charge < -0.3 is 15.5 Å². The van der Waals surface area contributed by atoms with Gasteiger partial charge in [0, 0.05) is 32.6 Å². The third-order valence-corrected chi connectivity index (χ3v) is 5.02. The quantitative estimate of drug-likeness (QED) is 0.821. The zero-order valence-electron chi connectivity index (χ0n) is 16.5. The molecular weight excluding hydrogens is 338 g/mol. The predicted molar refractivity (Wildman–Crippen MR) is 108 cm³/mol. The Morgan fingerprint density at radius 3 is 2.74 bits per heavy atom. The molecule has 2 aromatic rings. The van der Waals surface area contributed by atoms with Gasteiger partial charge in [0.1, 0.15) is 11.6 Å². The molecule has 1 saturated heterocycles. The van der Waals surface area contributed by atoms with Crippen LogP contribution < -0.4 is 10.6 Å². The molecule has 1 atom stereocenters. The molecule has 1 unspecified atom stereocenters. The van der Waals surface area contributed by atoms with Gasteiger partial charge in [-0.15, -0.1) is 0 Å². The highest BCUT2D eigenvalue weighted by Crippen LogP contribution is 2.22. The lowest BCUT2D eigenvalue weighted by Gasteiger charge is -2.23. The molecule has 1 aromatic carbocycles. The van der Waals surface area contributed by atoms with Gasteiger partial charge in [0.05, 0.1) is 18.7 Å². The molecule has 6 heteroatoms. The Kier molecular flexibility index (Phi) is 6.40. The van der Waals surface area contributed by atoms with E-state index in [1.165, 1.54) is 5.56 Å². The van der Waals surface area contributed by atoms with Crippen molar-refractivity contribution in [3.05, 3.63) is 53.0 Å². The van der Waals surface area contributed by atoms with E-state index in [9.17, 15) is 4.79 Å². The maximum absolute atomic E-state index is 12.6. The summed E-state index contributed by atoms with van der Waals surface area (Å²) in [4.78, 5) is 23.7. The number of nitrogens with zero attached hydrogens (tertiary/aromatic N) is 3. The molecule has 1 amide bonds. The molecule has 27 heavy (non-hydrogen) atoms. The van der Waals surface area contributed by atoms with Crippen molar-refractivity contribution in [3.63, 3.8) is 0 Å². The first kappa shape index (κ1) is 19.3. The van der Waals surface area contributed by atoms with Crippen LogP contribution in [0.15, 0.2) is 30.3 Å². The third-order valence-electron chi connectivity index (χ3n) is 5.02. The molecule has 1 fully saturated rings. The first-order chi connectivity index (χ1) is 13.0. The van der Waals surface area contributed by atoms with Crippen LogP contribution in [0.1, 0.15) is 41.4 Å². The van der Waals surface area contributed by atoms with Gasteiger partial charge in [0.25, 0.3) is 0 Å². The van der Waals surface area contributed by atoms with Crippen LogP contribution in [-0.2, 0) is 17.8 Å². The highest BCUT2D eigenvalue weighted by Gasteiger charge is 2.20. The van der Waals surface area contributed by atoms with Crippen LogP contribution in [0.4, 0.5) is 5.82 Å². The molecule has 6 nitrogen and oxygen atoms in total. The van der Waals surface area contributed by atoms with Crippen molar-refractivity contribution < 1.29 is 4.79 Å². The Labute approximate surface area is 161 Å². The van der Waals surface area contributed by atoms with Gasteiger partial charge in [-0.25, -0.2) is 9.97 Å². The summed E-state index contributed by atoms with van der Waals surface area (Å²) < 4.78 is 0. The van der Waals surface area contributed by atoms with Crippen LogP contribution in [-0.4, -0.2) is 48.0 Å². The second kappa shape index (κ2) is 8.95. The molecule has 0 radical (unpaired) electrons. The number of aromatic nitrogens is 2. The summed E-state index contributed by atoms with van der Waals surface area (Å²) in [6.07, 6.45) is 2.64. The van der Waals surface area contributed by atoms with Crippen molar-refractivity contribution in [2.24, 2.45) is 0 Å². The van der Waals surface area contributed by atoms with Gasteiger partial charge in [-0.2, -0.15) is 0 Å². The average molecular weight is 367 g/mol. The Hall–Kier alpha value is -2.47. The minimum atomic E-state index is 0.0874. The van der Waals surface area contributed by atoms with Crippen LogP contribution in [0.5, 0.6) is 0 Å². The lowest BCUT2D eigenvalue weighted by Crippen LogP contribution is -2.31. The molecule has 1 aromatic heterocycles. The Balaban J connectivity index is 1.69. The van der Waals surface area contributed by atoms with E-state index in [2.05, 4.69) is 15.6 Å². The van der Waals surface area contributed by atoms with Crippen LogP contribution in [0, 0.1) is 6.92 Å². The Morgan fingerprint density at radius 2 is 2.07 bits per heavy atom. The third kappa shape index (κ3) is 5.26. The molecule has 3 rings (SSSR count). The van der Waals surface area contributed by atoms with Crippen LogP contribution >= 0.6 is 0 Å². The molecule has 0 bridgehead atoms. The highest BCUT2D eigenvalue weighted by atomic mass is 16.2. The first-order valence-corrected chi connectivity index (χ1v) is 9.61. The van der Waals surface area contributed by atoms with Gasteiger partial charge in [0.2, 0.25) is 5.91 Å². The maximum Gasteiger partial charge on any atom is 0.227 e. The highest BCUT2D eigenvalue weighted by molar-refractivity contribution is 5.78. The number of hydrogen-bond acceptors (Lipinski definition) is 5. The topological polar surface area (TPSA) is 70.2 Å². The van der Waals surface area contributed by atoms with Crippen LogP contribution in [0.3, 0.4) is 0 Å². The number of piperidine rings is 1. The number of amides is 1. The summed E-state index contributed by atoms with van der Waals surface area (Å²) in [6.45, 7) is 4.50. The summed E-state index contributed by atoms with van der Waals surface area (Å²) in [5.41, 5.74) is 3.10. The van der Waals surface area contributed by atoms with Crippen molar-refractivity contribution in [3.8, 4) is 0 Å². The number of rotatable bonds is 6. The molecule has 0 spiro atoms. The number of nitrogens with one attached hydrogen (secondary N) is 2. The van der Waals surface area contributed by atoms with Crippen molar-refractivity contribution in [1.29, 1.82) is 0 Å². The maximum atomic E-state index is 12.6. The van der Waals surface area contributed by atoms with Gasteiger partial charge in [-0.05, 0) is 31.9 Å². The largest absolute Gasteiger partial charge is 0.373 e. The molecular formula is C21H29N5O. The monoisotopic (exact) mass is 367 g/mol. The first-order valence-electron chi connectivity index (χ1n) is 9.61. The van der Waals surface area contributed by atoms with Gasteiger partial charge in [-0.1, -0.05) is 29.8 Å². The number of hydrogen-bond donors (Lipinski definition) is 2. The second-order valence-corrected chi connectivity index (χ2v) is 7.31. The van der Waals surface area contributed by atoms with E-state index in [4.69, 9.17) is 4.98 Å². The van der Waals surface area contributed by atoms with E-state index in [0.717, 1.165) is 48.8 Å². The minimum absolute atomic E-state index is 0.0874. The summed E-state index contributed by atoms with van der Waals surface area (Å²) in [6, 6.07) is 10.0.